The van der Waals surface area contributed by atoms with Crippen LogP contribution in [0.1, 0.15) is 43.4 Å². The number of nitrogens with zero attached hydrogens (tertiary/aromatic N) is 2. The summed E-state index contributed by atoms with van der Waals surface area (Å²) >= 11 is 6.00. The average Bonchev–Trinajstić information content (AvgIpc) is 2.77. The minimum Gasteiger partial charge on any atom is -0.354 e. The predicted octanol–water partition coefficient (Wildman–Crippen LogP) is 3.61. The van der Waals surface area contributed by atoms with Crippen LogP contribution in [-0.4, -0.2) is 55.8 Å². The van der Waals surface area contributed by atoms with Gasteiger partial charge in [0, 0.05) is 25.2 Å². The van der Waals surface area contributed by atoms with Gasteiger partial charge in [-0.05, 0) is 29.7 Å². The Morgan fingerprint density at radius 3 is 2.24 bits per heavy atom. The molecule has 0 radical (unpaired) electrons. The van der Waals surface area contributed by atoms with Gasteiger partial charge < -0.3 is 10.2 Å². The van der Waals surface area contributed by atoms with Crippen LogP contribution in [0.2, 0.25) is 5.02 Å². The molecule has 2 amide bonds. The minimum absolute atomic E-state index is 0.121. The van der Waals surface area contributed by atoms with E-state index in [1.54, 1.807) is 48.5 Å². The zero-order valence-electron chi connectivity index (χ0n) is 19.3. The largest absolute Gasteiger partial charge is 0.354 e. The van der Waals surface area contributed by atoms with Crippen molar-refractivity contribution in [2.45, 2.75) is 38.8 Å². The molecule has 2 aromatic rings. The molecule has 2 rings (SSSR count). The predicted molar refractivity (Wildman–Crippen MR) is 131 cm³/mol. The van der Waals surface area contributed by atoms with Gasteiger partial charge in [-0.25, -0.2) is 8.42 Å². The number of rotatable bonds is 12. The second-order valence-corrected chi connectivity index (χ2v) is 10.5. The summed E-state index contributed by atoms with van der Waals surface area (Å²) < 4.78 is 24.8. The summed E-state index contributed by atoms with van der Waals surface area (Å²) in [4.78, 5) is 28.1. The highest BCUT2D eigenvalue weighted by Crippen LogP contribution is 2.25. The highest BCUT2D eigenvalue weighted by Gasteiger charge is 2.32. The van der Waals surface area contributed by atoms with Crippen molar-refractivity contribution in [3.63, 3.8) is 0 Å². The van der Waals surface area contributed by atoms with Gasteiger partial charge >= 0.3 is 0 Å². The first-order chi connectivity index (χ1) is 15.6. The second kappa shape index (κ2) is 12.7. The Morgan fingerprint density at radius 2 is 1.67 bits per heavy atom. The number of carbonyl (C=O) groups is 2. The lowest BCUT2D eigenvalue weighted by Gasteiger charge is -2.32. The number of hydrogen-bond acceptors (Lipinski definition) is 4. The fraction of sp³-hybridized carbons (Fsp3) is 0.417. The molecule has 1 atom stereocenters. The van der Waals surface area contributed by atoms with E-state index in [9.17, 15) is 18.0 Å². The summed E-state index contributed by atoms with van der Waals surface area (Å²) in [5, 5.41) is 3.50. The first-order valence-electron chi connectivity index (χ1n) is 10.9. The Morgan fingerprint density at radius 1 is 1.03 bits per heavy atom. The van der Waals surface area contributed by atoms with E-state index in [0.717, 1.165) is 35.4 Å². The Labute approximate surface area is 201 Å². The minimum atomic E-state index is -3.57. The molecule has 0 saturated carbocycles. The van der Waals surface area contributed by atoms with Crippen molar-refractivity contribution in [3.05, 3.63) is 70.7 Å². The van der Waals surface area contributed by atoms with E-state index in [0.29, 0.717) is 17.1 Å². The van der Waals surface area contributed by atoms with Gasteiger partial charge in [-0.15, -0.1) is 0 Å². The van der Waals surface area contributed by atoms with Gasteiger partial charge in [0.25, 0.3) is 0 Å². The lowest BCUT2D eigenvalue weighted by molar-refractivity contribution is -0.141. The van der Waals surface area contributed by atoms with Crippen molar-refractivity contribution in [2.75, 3.05) is 26.4 Å². The fourth-order valence-electron chi connectivity index (χ4n) is 3.30. The molecule has 2 aromatic carbocycles. The molecule has 0 bridgehead atoms. The maximum absolute atomic E-state index is 13.4. The number of halogens is 1. The molecule has 33 heavy (non-hydrogen) atoms. The van der Waals surface area contributed by atoms with Crippen molar-refractivity contribution >= 4 is 33.4 Å². The second-order valence-electron chi connectivity index (χ2n) is 7.98. The molecule has 180 valence electrons. The zero-order valence-corrected chi connectivity index (χ0v) is 20.9. The quantitative estimate of drug-likeness (QED) is 0.457. The summed E-state index contributed by atoms with van der Waals surface area (Å²) in [7, 11) is -2.23. The monoisotopic (exact) mass is 493 g/mol. The third kappa shape index (κ3) is 8.46. The number of amides is 2. The van der Waals surface area contributed by atoms with Crippen molar-refractivity contribution in [3.8, 4) is 0 Å². The molecule has 9 heteroatoms. The van der Waals surface area contributed by atoms with E-state index in [2.05, 4.69) is 12.2 Å². The lowest BCUT2D eigenvalue weighted by atomic mass is 10.0. The lowest BCUT2D eigenvalue weighted by Crippen LogP contribution is -2.47. The zero-order chi connectivity index (χ0) is 24.4. The molecule has 0 heterocycles. The standard InChI is InChI=1S/C24H32ClN3O4S/c1-4-5-9-16-26-24(30)23(20-10-7-6-8-11-20)28(17-19-12-14-21(25)15-13-19)22(29)18-27(2)33(3,31)32/h6-8,10-15,23H,4-5,9,16-18H2,1-3H3,(H,26,30). The van der Waals surface area contributed by atoms with Gasteiger partial charge in [-0.2, -0.15) is 4.31 Å². The smallest absolute Gasteiger partial charge is 0.247 e. The third-order valence-corrected chi connectivity index (χ3v) is 6.78. The van der Waals surface area contributed by atoms with Gasteiger partial charge in [-0.1, -0.05) is 73.8 Å². The van der Waals surface area contributed by atoms with Gasteiger partial charge in [0.1, 0.15) is 6.04 Å². The van der Waals surface area contributed by atoms with E-state index < -0.39 is 22.0 Å². The molecular weight excluding hydrogens is 462 g/mol. The van der Waals surface area contributed by atoms with Crippen LogP contribution >= 0.6 is 11.6 Å². The molecule has 0 aliphatic carbocycles. The number of nitrogens with one attached hydrogen (secondary N) is 1. The van der Waals surface area contributed by atoms with Crippen LogP contribution in [-0.2, 0) is 26.2 Å². The molecule has 0 aliphatic heterocycles. The number of carbonyl (C=O) groups excluding carboxylic acids is 2. The molecule has 0 spiro atoms. The molecule has 1 unspecified atom stereocenters. The molecule has 0 saturated heterocycles. The fourth-order valence-corrected chi connectivity index (χ4v) is 3.77. The van der Waals surface area contributed by atoms with Gasteiger partial charge in [0.15, 0.2) is 0 Å². The van der Waals surface area contributed by atoms with E-state index in [-0.39, 0.29) is 19.0 Å². The number of unbranched alkanes of at least 4 members (excludes halogenated alkanes) is 2. The van der Waals surface area contributed by atoms with Crippen LogP contribution in [0.15, 0.2) is 54.6 Å². The maximum atomic E-state index is 13.4. The van der Waals surface area contributed by atoms with Gasteiger partial charge in [-0.3, -0.25) is 9.59 Å². The molecule has 0 aliphatic rings. The normalized spacial score (nSPS) is 12.4. The summed E-state index contributed by atoms with van der Waals surface area (Å²) in [5.74, 6) is -0.780. The van der Waals surface area contributed by atoms with Crippen molar-refractivity contribution in [2.24, 2.45) is 0 Å². The van der Waals surface area contributed by atoms with E-state index >= 15 is 0 Å². The van der Waals surface area contributed by atoms with E-state index in [1.165, 1.54) is 11.9 Å². The number of benzene rings is 2. The van der Waals surface area contributed by atoms with E-state index in [4.69, 9.17) is 11.6 Å². The topological polar surface area (TPSA) is 86.8 Å². The van der Waals surface area contributed by atoms with Crippen molar-refractivity contribution in [1.29, 1.82) is 0 Å². The summed E-state index contributed by atoms with van der Waals surface area (Å²) in [6.45, 7) is 2.33. The van der Waals surface area contributed by atoms with Crippen molar-refractivity contribution < 1.29 is 18.0 Å². The summed E-state index contributed by atoms with van der Waals surface area (Å²) in [5.41, 5.74) is 1.42. The molecular formula is C24H32ClN3O4S. The Hall–Kier alpha value is -2.42. The summed E-state index contributed by atoms with van der Waals surface area (Å²) in [6.07, 6.45) is 3.89. The highest BCUT2D eigenvalue weighted by molar-refractivity contribution is 7.88. The van der Waals surface area contributed by atoms with E-state index in [1.807, 2.05) is 6.07 Å². The Balaban J connectivity index is 2.42. The molecule has 0 fully saturated rings. The molecule has 7 nitrogen and oxygen atoms in total. The first-order valence-corrected chi connectivity index (χ1v) is 13.1. The average molecular weight is 494 g/mol. The highest BCUT2D eigenvalue weighted by atomic mass is 35.5. The van der Waals surface area contributed by atoms with Crippen LogP contribution in [0.5, 0.6) is 0 Å². The van der Waals surface area contributed by atoms with Crippen LogP contribution in [0, 0.1) is 0 Å². The number of hydrogen-bond donors (Lipinski definition) is 1. The van der Waals surface area contributed by atoms with Crippen LogP contribution in [0.25, 0.3) is 0 Å². The van der Waals surface area contributed by atoms with Crippen LogP contribution in [0.3, 0.4) is 0 Å². The molecule has 0 aromatic heterocycles. The number of likely N-dealkylation sites (N-methyl/N-ethyl adjacent to an activating group) is 1. The maximum Gasteiger partial charge on any atom is 0.247 e. The van der Waals surface area contributed by atoms with Crippen LogP contribution in [0.4, 0.5) is 0 Å². The summed E-state index contributed by atoms with van der Waals surface area (Å²) in [6, 6.07) is 15.1. The Kier molecular flexibility index (Phi) is 10.3. The van der Waals surface area contributed by atoms with Gasteiger partial charge in [0.05, 0.1) is 12.8 Å². The van der Waals surface area contributed by atoms with Crippen molar-refractivity contribution in [1.82, 2.24) is 14.5 Å². The molecule has 1 N–H and O–H groups in total. The third-order valence-electron chi connectivity index (χ3n) is 5.27. The Bertz CT molecular complexity index is 1010. The first kappa shape index (κ1) is 26.8. The SMILES string of the molecule is CCCCCNC(=O)C(c1ccccc1)N(Cc1ccc(Cl)cc1)C(=O)CN(C)S(C)(=O)=O. The van der Waals surface area contributed by atoms with Crippen LogP contribution < -0.4 is 5.32 Å². The van der Waals surface area contributed by atoms with Gasteiger partial charge in [0.2, 0.25) is 21.8 Å². The number of sulfonamides is 1.